The van der Waals surface area contributed by atoms with E-state index in [1.807, 2.05) is 0 Å². The second kappa shape index (κ2) is 8.68. The van der Waals surface area contributed by atoms with Crippen molar-refractivity contribution in [3.63, 3.8) is 0 Å². The molecule has 24 heavy (non-hydrogen) atoms. The van der Waals surface area contributed by atoms with Gasteiger partial charge in [-0.25, -0.2) is 0 Å². The van der Waals surface area contributed by atoms with Crippen LogP contribution in [0.2, 0.25) is 18.1 Å². The Balaban J connectivity index is 2.11. The maximum atomic E-state index is 9.19. The van der Waals surface area contributed by atoms with Crippen molar-refractivity contribution in [1.29, 1.82) is 0 Å². The molecule has 0 radical (unpaired) electrons. The molecule has 2 fully saturated rings. The van der Waals surface area contributed by atoms with Crippen LogP contribution in [-0.2, 0) is 4.43 Å². The topological polar surface area (TPSA) is 29.5 Å². The van der Waals surface area contributed by atoms with E-state index in [-0.39, 0.29) is 0 Å². The van der Waals surface area contributed by atoms with Crippen molar-refractivity contribution < 1.29 is 9.53 Å². The van der Waals surface area contributed by atoms with Crippen molar-refractivity contribution in [3.8, 4) is 0 Å². The van der Waals surface area contributed by atoms with Gasteiger partial charge in [0.2, 0.25) is 0 Å². The molecular weight excluding hydrogens is 312 g/mol. The molecule has 0 aromatic carbocycles. The molecule has 0 heterocycles. The van der Waals surface area contributed by atoms with Crippen LogP contribution in [0.4, 0.5) is 0 Å². The maximum absolute atomic E-state index is 9.19. The molecule has 2 saturated carbocycles. The summed E-state index contributed by atoms with van der Waals surface area (Å²) in [5.41, 5.74) is 0.479. The van der Waals surface area contributed by atoms with Gasteiger partial charge in [0.15, 0.2) is 8.32 Å². The molecule has 0 saturated heterocycles. The Morgan fingerprint density at radius 1 is 1.12 bits per heavy atom. The number of aliphatic hydroxyl groups is 1. The van der Waals surface area contributed by atoms with Crippen LogP contribution >= 0.6 is 0 Å². The molecule has 2 rings (SSSR count). The first kappa shape index (κ1) is 20.4. The highest BCUT2D eigenvalue weighted by molar-refractivity contribution is 6.73. The molecule has 2 aliphatic carbocycles. The summed E-state index contributed by atoms with van der Waals surface area (Å²) < 4.78 is 7.01. The van der Waals surface area contributed by atoms with E-state index in [1.54, 1.807) is 0 Å². The number of rotatable bonds is 9. The Morgan fingerprint density at radius 3 is 2.38 bits per heavy atom. The summed E-state index contributed by atoms with van der Waals surface area (Å²) in [6, 6.07) is 3.82. The number of aliphatic hydroxyl groups excluding tert-OH is 1. The van der Waals surface area contributed by atoms with Crippen LogP contribution in [0, 0.1) is 23.2 Å². The van der Waals surface area contributed by atoms with E-state index in [0.29, 0.717) is 18.1 Å². The molecule has 0 spiro atoms. The second-order valence-electron chi connectivity index (χ2n) is 8.93. The molecule has 2 aliphatic rings. The summed E-state index contributed by atoms with van der Waals surface area (Å²) in [4.78, 5) is 0. The monoisotopic (exact) mass is 354 g/mol. The van der Waals surface area contributed by atoms with E-state index in [4.69, 9.17) is 4.43 Å². The van der Waals surface area contributed by atoms with Crippen LogP contribution in [0.1, 0.15) is 79.6 Å². The number of fused-ring (bicyclic) bond motifs is 1. The zero-order valence-corrected chi connectivity index (χ0v) is 17.9. The Bertz CT molecular complexity index is 374. The van der Waals surface area contributed by atoms with Crippen molar-refractivity contribution >= 4 is 8.32 Å². The van der Waals surface area contributed by atoms with Gasteiger partial charge in [-0.05, 0) is 79.8 Å². The summed E-state index contributed by atoms with van der Waals surface area (Å²) in [5.74, 6) is 2.36. The standard InChI is InChI=1S/C21H42O2Si/c1-6-24(7-2,8-3)23-20-12-9-15-21(5)18(13-14-19(20)21)17(4)11-10-16-22/h17-20,22H,6-16H2,1-5H3/t17-,18-,19?,20+,21-/m1/s1. The van der Waals surface area contributed by atoms with Gasteiger partial charge in [-0.1, -0.05) is 41.0 Å². The zero-order valence-electron chi connectivity index (χ0n) is 16.9. The molecule has 2 nitrogen and oxygen atoms in total. The molecule has 0 aliphatic heterocycles. The molecule has 0 amide bonds. The first-order valence-corrected chi connectivity index (χ1v) is 13.3. The zero-order chi connectivity index (χ0) is 17.8. The minimum Gasteiger partial charge on any atom is -0.414 e. The fourth-order valence-electron chi connectivity index (χ4n) is 6.17. The van der Waals surface area contributed by atoms with E-state index in [0.717, 1.165) is 24.2 Å². The molecule has 1 N–H and O–H groups in total. The minimum absolute atomic E-state index is 0.348. The molecule has 3 heteroatoms. The predicted molar refractivity (Wildman–Crippen MR) is 106 cm³/mol. The lowest BCUT2D eigenvalue weighted by Crippen LogP contribution is -2.48. The molecule has 1 unspecified atom stereocenters. The molecular formula is C21H42O2Si. The third-order valence-corrected chi connectivity index (χ3v) is 12.6. The fraction of sp³-hybridized carbons (Fsp3) is 1.00. The van der Waals surface area contributed by atoms with Crippen LogP contribution in [0.15, 0.2) is 0 Å². The lowest BCUT2D eigenvalue weighted by atomic mass is 9.61. The highest BCUT2D eigenvalue weighted by Crippen LogP contribution is 2.59. The van der Waals surface area contributed by atoms with Crippen molar-refractivity contribution in [2.75, 3.05) is 6.61 Å². The van der Waals surface area contributed by atoms with Crippen LogP contribution in [-0.4, -0.2) is 26.1 Å². The van der Waals surface area contributed by atoms with Gasteiger partial charge in [-0.2, -0.15) is 0 Å². The molecule has 0 aromatic rings. The van der Waals surface area contributed by atoms with Gasteiger partial charge in [-0.15, -0.1) is 0 Å². The van der Waals surface area contributed by atoms with E-state index < -0.39 is 8.32 Å². The number of hydrogen-bond donors (Lipinski definition) is 1. The average molecular weight is 355 g/mol. The third-order valence-electron chi connectivity index (χ3n) is 7.97. The predicted octanol–water partition coefficient (Wildman–Crippen LogP) is 6.00. The van der Waals surface area contributed by atoms with Crippen molar-refractivity contribution in [2.45, 2.75) is 104 Å². The molecule has 0 aromatic heterocycles. The van der Waals surface area contributed by atoms with Gasteiger partial charge < -0.3 is 9.53 Å². The normalized spacial score (nSPS) is 35.0. The first-order valence-electron chi connectivity index (χ1n) is 10.7. The first-order chi connectivity index (χ1) is 11.5. The van der Waals surface area contributed by atoms with Gasteiger partial charge in [0.1, 0.15) is 0 Å². The van der Waals surface area contributed by atoms with Crippen molar-refractivity contribution in [1.82, 2.24) is 0 Å². The number of hydrogen-bond acceptors (Lipinski definition) is 2. The smallest absolute Gasteiger partial charge is 0.192 e. The molecule has 5 atom stereocenters. The van der Waals surface area contributed by atoms with Gasteiger partial charge in [0, 0.05) is 12.7 Å². The molecule has 142 valence electrons. The highest BCUT2D eigenvalue weighted by Gasteiger charge is 2.53. The third kappa shape index (κ3) is 3.93. The minimum atomic E-state index is -1.50. The quantitative estimate of drug-likeness (QED) is 0.514. The van der Waals surface area contributed by atoms with Gasteiger partial charge in [0.05, 0.1) is 0 Å². The van der Waals surface area contributed by atoms with Crippen LogP contribution in [0.25, 0.3) is 0 Å². The largest absolute Gasteiger partial charge is 0.414 e. The Morgan fingerprint density at radius 2 is 1.79 bits per heavy atom. The van der Waals surface area contributed by atoms with E-state index in [1.165, 1.54) is 56.7 Å². The maximum Gasteiger partial charge on any atom is 0.192 e. The van der Waals surface area contributed by atoms with Crippen molar-refractivity contribution in [3.05, 3.63) is 0 Å². The van der Waals surface area contributed by atoms with Crippen LogP contribution in [0.5, 0.6) is 0 Å². The van der Waals surface area contributed by atoms with Crippen molar-refractivity contribution in [2.24, 2.45) is 23.2 Å². The van der Waals surface area contributed by atoms with Crippen LogP contribution in [0.3, 0.4) is 0 Å². The average Bonchev–Trinajstić information content (AvgIpc) is 2.95. The summed E-state index contributed by atoms with van der Waals surface area (Å²) >= 11 is 0. The Labute approximate surface area is 151 Å². The van der Waals surface area contributed by atoms with Gasteiger partial charge >= 0.3 is 0 Å². The Kier molecular flexibility index (Phi) is 7.40. The summed E-state index contributed by atoms with van der Waals surface area (Å²) in [5, 5.41) is 9.19. The highest BCUT2D eigenvalue weighted by atomic mass is 28.4. The van der Waals surface area contributed by atoms with Gasteiger partial charge in [-0.3, -0.25) is 0 Å². The summed E-state index contributed by atoms with van der Waals surface area (Å²) in [6.07, 6.45) is 9.48. The van der Waals surface area contributed by atoms with E-state index in [2.05, 4.69) is 34.6 Å². The second-order valence-corrected chi connectivity index (χ2v) is 13.7. The summed E-state index contributed by atoms with van der Waals surface area (Å²) in [6.45, 7) is 12.4. The Hall–Kier alpha value is 0.137. The fourth-order valence-corrected chi connectivity index (χ4v) is 9.10. The lowest BCUT2D eigenvalue weighted by molar-refractivity contribution is -0.0206. The van der Waals surface area contributed by atoms with E-state index in [9.17, 15) is 5.11 Å². The SMILES string of the molecule is CC[Si](CC)(CC)O[C@H]1CCC[C@@]2(C)C1CC[C@@H]2[C@H](C)CCCO. The molecule has 0 bridgehead atoms. The summed E-state index contributed by atoms with van der Waals surface area (Å²) in [7, 11) is -1.50. The van der Waals surface area contributed by atoms with E-state index >= 15 is 0 Å². The van der Waals surface area contributed by atoms with Crippen LogP contribution < -0.4 is 0 Å². The lowest BCUT2D eigenvalue weighted by Gasteiger charge is -2.49. The van der Waals surface area contributed by atoms with Gasteiger partial charge in [0.25, 0.3) is 0 Å².